The first-order chi connectivity index (χ1) is 15.6. The van der Waals surface area contributed by atoms with Crippen LogP contribution < -0.4 is 10.0 Å². The number of anilines is 2. The Labute approximate surface area is 182 Å². The van der Waals surface area contributed by atoms with E-state index in [9.17, 15) is 19.4 Å². The molecule has 0 radical (unpaired) electrons. The van der Waals surface area contributed by atoms with E-state index in [1.165, 1.54) is 0 Å². The van der Waals surface area contributed by atoms with Crippen LogP contribution in [-0.4, -0.2) is 11.8 Å². The van der Waals surface area contributed by atoms with Crippen molar-refractivity contribution in [1.29, 1.82) is 0 Å². The van der Waals surface area contributed by atoms with Gasteiger partial charge in [-0.15, -0.1) is 9.81 Å². The normalized spacial score (nSPS) is 10.6. The zero-order valence-corrected chi connectivity index (χ0v) is 16.9. The van der Waals surface area contributed by atoms with Gasteiger partial charge in [0.25, 0.3) is 11.8 Å². The van der Waals surface area contributed by atoms with Crippen molar-refractivity contribution in [2.75, 3.05) is 10.0 Å². The fourth-order valence-electron chi connectivity index (χ4n) is 3.52. The molecule has 0 aliphatic heterocycles. The zero-order valence-electron chi connectivity index (χ0n) is 16.9. The molecule has 4 aromatic carbocycles. The summed E-state index contributed by atoms with van der Waals surface area (Å²) in [6, 6.07) is 25.1. The van der Waals surface area contributed by atoms with Crippen LogP contribution in [0, 0.1) is 9.81 Å². The lowest BCUT2D eigenvalue weighted by Gasteiger charge is -2.16. The molecular formula is C24H18N4O4. The van der Waals surface area contributed by atoms with E-state index in [4.69, 9.17) is 0 Å². The van der Waals surface area contributed by atoms with Crippen molar-refractivity contribution < 1.29 is 9.59 Å². The van der Waals surface area contributed by atoms with Gasteiger partial charge >= 0.3 is 0 Å². The second kappa shape index (κ2) is 9.13. The first kappa shape index (κ1) is 20.8. The van der Waals surface area contributed by atoms with E-state index in [2.05, 4.69) is 10.6 Å². The topological polar surface area (TPSA) is 99.5 Å². The van der Waals surface area contributed by atoms with Crippen LogP contribution in [0.3, 0.4) is 0 Å². The van der Waals surface area contributed by atoms with Gasteiger partial charge in [-0.05, 0) is 45.8 Å². The Bertz CT molecular complexity index is 1230. The average molecular weight is 426 g/mol. The van der Waals surface area contributed by atoms with E-state index in [0.29, 0.717) is 21.4 Å². The van der Waals surface area contributed by atoms with Gasteiger partial charge in [0.15, 0.2) is 0 Å². The van der Waals surface area contributed by atoms with E-state index in [1.54, 1.807) is 36.4 Å². The smallest absolute Gasteiger partial charge is 0.250 e. The maximum absolute atomic E-state index is 12.6. The van der Waals surface area contributed by atoms with Crippen LogP contribution in [0.4, 0.5) is 11.4 Å². The molecule has 0 N–H and O–H groups in total. The molecule has 0 heterocycles. The second-order valence-corrected chi connectivity index (χ2v) is 7.14. The van der Waals surface area contributed by atoms with Crippen LogP contribution in [0.1, 0.15) is 12.8 Å². The number of hydrogen-bond acceptors (Lipinski definition) is 6. The lowest BCUT2D eigenvalue weighted by Crippen LogP contribution is -2.29. The molecule has 0 unspecified atom stereocenters. The summed E-state index contributed by atoms with van der Waals surface area (Å²) >= 11 is 0. The van der Waals surface area contributed by atoms with Crippen LogP contribution in [0.5, 0.6) is 0 Å². The fourth-order valence-corrected chi connectivity index (χ4v) is 3.52. The average Bonchev–Trinajstić information content (AvgIpc) is 2.83. The largest absolute Gasteiger partial charge is 0.272 e. The van der Waals surface area contributed by atoms with Gasteiger partial charge in [0.2, 0.25) is 0 Å². The van der Waals surface area contributed by atoms with E-state index in [0.717, 1.165) is 21.5 Å². The summed E-state index contributed by atoms with van der Waals surface area (Å²) in [5.41, 5.74) is 0.604. The number of nitrogens with zero attached hydrogens (tertiary/aromatic N) is 4. The predicted octanol–water partition coefficient (Wildman–Crippen LogP) is 5.50. The van der Waals surface area contributed by atoms with Crippen LogP contribution in [0.15, 0.2) is 95.5 Å². The van der Waals surface area contributed by atoms with E-state index in [-0.39, 0.29) is 12.8 Å². The zero-order chi connectivity index (χ0) is 22.5. The molecule has 158 valence electrons. The highest BCUT2D eigenvalue weighted by Crippen LogP contribution is 2.25. The van der Waals surface area contributed by atoms with Gasteiger partial charge in [-0.25, -0.2) is 0 Å². The van der Waals surface area contributed by atoms with Crippen molar-refractivity contribution in [3.05, 3.63) is 94.7 Å². The van der Waals surface area contributed by atoms with Crippen LogP contribution >= 0.6 is 0 Å². The monoisotopic (exact) mass is 426 g/mol. The first-order valence-electron chi connectivity index (χ1n) is 9.91. The fraction of sp³-hybridized carbons (Fsp3) is 0.0833. The summed E-state index contributed by atoms with van der Waals surface area (Å²) in [7, 11) is 0. The Morgan fingerprint density at radius 1 is 0.562 bits per heavy atom. The Kier molecular flexibility index (Phi) is 5.94. The van der Waals surface area contributed by atoms with Gasteiger partial charge in [-0.3, -0.25) is 9.59 Å². The van der Waals surface area contributed by atoms with E-state index in [1.807, 2.05) is 48.5 Å². The minimum Gasteiger partial charge on any atom is -0.272 e. The standard InChI is InChI=1S/C24H18N4O4/c29-23(27(25-31)21-11-9-17-5-1-3-7-19(17)15-21)13-14-24(30)28(26-32)22-12-10-18-6-2-4-8-20(18)16-22/h1-12,15-16H,13-14H2. The minimum atomic E-state index is -0.659. The lowest BCUT2D eigenvalue weighted by molar-refractivity contribution is -0.123. The number of hydrogen-bond donors (Lipinski definition) is 0. The molecule has 0 aliphatic rings. The first-order valence-corrected chi connectivity index (χ1v) is 9.91. The highest BCUT2D eigenvalue weighted by Gasteiger charge is 2.22. The second-order valence-electron chi connectivity index (χ2n) is 7.14. The molecule has 2 amide bonds. The van der Waals surface area contributed by atoms with Gasteiger partial charge in [-0.2, -0.15) is 10.0 Å². The van der Waals surface area contributed by atoms with E-state index < -0.39 is 11.8 Å². The number of amides is 2. The van der Waals surface area contributed by atoms with Crippen molar-refractivity contribution in [3.63, 3.8) is 0 Å². The third-order valence-electron chi connectivity index (χ3n) is 5.14. The Hall–Kier alpha value is -4.46. The van der Waals surface area contributed by atoms with Crippen molar-refractivity contribution >= 4 is 44.7 Å². The molecule has 0 aromatic heterocycles. The van der Waals surface area contributed by atoms with Gasteiger partial charge in [0.05, 0.1) is 21.9 Å². The Morgan fingerprint density at radius 2 is 0.938 bits per heavy atom. The molecule has 0 aliphatic carbocycles. The van der Waals surface area contributed by atoms with Crippen LogP contribution in [0.2, 0.25) is 0 Å². The summed E-state index contributed by atoms with van der Waals surface area (Å²) in [5.74, 6) is -1.32. The van der Waals surface area contributed by atoms with Gasteiger partial charge in [0.1, 0.15) is 0 Å². The van der Waals surface area contributed by atoms with Crippen molar-refractivity contribution in [3.8, 4) is 0 Å². The number of fused-ring (bicyclic) bond motifs is 2. The highest BCUT2D eigenvalue weighted by molar-refractivity contribution is 6.00. The SMILES string of the molecule is O=NN(C(=O)CCC(=O)N(N=O)c1ccc2ccccc2c1)c1ccc2ccccc2c1. The molecule has 32 heavy (non-hydrogen) atoms. The number of carbonyl (C=O) groups is 2. The Balaban J connectivity index is 1.47. The summed E-state index contributed by atoms with van der Waals surface area (Å²) < 4.78 is 0. The summed E-state index contributed by atoms with van der Waals surface area (Å²) in [6.45, 7) is 0. The maximum atomic E-state index is 12.6. The molecule has 0 atom stereocenters. The molecule has 0 fully saturated rings. The van der Waals surface area contributed by atoms with Crippen molar-refractivity contribution in [2.24, 2.45) is 10.6 Å². The number of nitroso groups, excluding NO2 is 2. The molecule has 0 spiro atoms. The van der Waals surface area contributed by atoms with Gasteiger partial charge in [0, 0.05) is 12.8 Å². The molecule has 4 aromatic rings. The third kappa shape index (κ3) is 4.20. The van der Waals surface area contributed by atoms with E-state index >= 15 is 0 Å². The minimum absolute atomic E-state index is 0.302. The number of carbonyl (C=O) groups excluding carboxylic acids is 2. The van der Waals surface area contributed by atoms with Gasteiger partial charge < -0.3 is 0 Å². The quantitative estimate of drug-likeness (QED) is 0.288. The number of benzene rings is 4. The number of rotatable bonds is 7. The van der Waals surface area contributed by atoms with Crippen molar-refractivity contribution in [2.45, 2.75) is 12.8 Å². The van der Waals surface area contributed by atoms with Crippen LogP contribution in [0.25, 0.3) is 21.5 Å². The molecule has 8 nitrogen and oxygen atoms in total. The summed E-state index contributed by atoms with van der Waals surface area (Å²) in [6.07, 6.45) is -0.617. The summed E-state index contributed by atoms with van der Waals surface area (Å²) in [5, 5.41) is 10.7. The lowest BCUT2D eigenvalue weighted by atomic mass is 10.1. The highest BCUT2D eigenvalue weighted by atomic mass is 16.3. The Morgan fingerprint density at radius 3 is 1.31 bits per heavy atom. The van der Waals surface area contributed by atoms with Crippen LogP contribution in [-0.2, 0) is 9.59 Å². The molecule has 8 heteroatoms. The summed E-state index contributed by atoms with van der Waals surface area (Å²) in [4.78, 5) is 47.9. The van der Waals surface area contributed by atoms with Crippen molar-refractivity contribution in [1.82, 2.24) is 0 Å². The molecule has 0 bridgehead atoms. The molecule has 0 saturated heterocycles. The molecule has 4 rings (SSSR count). The maximum Gasteiger partial charge on any atom is 0.250 e. The molecule has 0 saturated carbocycles. The third-order valence-corrected chi connectivity index (χ3v) is 5.14. The predicted molar refractivity (Wildman–Crippen MR) is 124 cm³/mol. The van der Waals surface area contributed by atoms with Gasteiger partial charge in [-0.1, -0.05) is 60.7 Å². The molecular weight excluding hydrogens is 408 g/mol.